The van der Waals surface area contributed by atoms with Crippen molar-refractivity contribution in [3.8, 4) is 0 Å². The van der Waals surface area contributed by atoms with Gasteiger partial charge in [0.25, 0.3) is 0 Å². The van der Waals surface area contributed by atoms with Crippen LogP contribution in [0.2, 0.25) is 0 Å². The van der Waals surface area contributed by atoms with Crippen LogP contribution in [0.4, 0.5) is 0 Å². The third kappa shape index (κ3) is 12.2. The summed E-state index contributed by atoms with van der Waals surface area (Å²) >= 11 is 0. The molecule has 0 saturated carbocycles. The summed E-state index contributed by atoms with van der Waals surface area (Å²) in [4.78, 5) is 0. The van der Waals surface area contributed by atoms with Crippen LogP contribution in [0.1, 0.15) is 39.5 Å². The summed E-state index contributed by atoms with van der Waals surface area (Å²) in [5.74, 6) is 2.29. The van der Waals surface area contributed by atoms with Gasteiger partial charge >= 0.3 is 0 Å². The quantitative estimate of drug-likeness (QED) is 0.308. The van der Waals surface area contributed by atoms with Crippen molar-refractivity contribution in [3.63, 3.8) is 0 Å². The summed E-state index contributed by atoms with van der Waals surface area (Å²) in [6, 6.07) is 0. The van der Waals surface area contributed by atoms with Gasteiger partial charge in [-0.3, -0.25) is 0 Å². The summed E-state index contributed by atoms with van der Waals surface area (Å²) in [5.41, 5.74) is 0. The molecule has 14 heavy (non-hydrogen) atoms. The van der Waals surface area contributed by atoms with E-state index >= 15 is 0 Å². The maximum absolute atomic E-state index is 2.28. The Morgan fingerprint density at radius 2 is 1.14 bits per heavy atom. The monoisotopic (exact) mass is 230 g/mol. The van der Waals surface area contributed by atoms with Crippen LogP contribution < -0.4 is 0 Å². The van der Waals surface area contributed by atoms with Crippen LogP contribution in [0, 0.1) is 0 Å². The Hall–Kier alpha value is 0.180. The van der Waals surface area contributed by atoms with Crippen molar-refractivity contribution < 1.29 is 0 Å². The number of unbranched alkanes of at least 4 members (excludes halogenated alkanes) is 2. The summed E-state index contributed by atoms with van der Waals surface area (Å²) in [6.45, 7) is 4.43. The fourth-order valence-corrected chi connectivity index (χ4v) is 2.55. The van der Waals surface area contributed by atoms with E-state index < -0.39 is 0 Å². The normalized spacial score (nSPS) is 11.9. The maximum atomic E-state index is 2.28. The molecule has 0 aromatic heterocycles. The molecule has 0 amide bonds. The number of hydrogen-bond acceptors (Lipinski definition) is 2. The summed E-state index contributed by atoms with van der Waals surface area (Å²) < 4.78 is 0. The lowest BCUT2D eigenvalue weighted by atomic mass is 10.3. The maximum Gasteiger partial charge on any atom is 0.0217 e. The molecule has 0 N–H and O–H groups in total. The summed E-state index contributed by atoms with van der Waals surface area (Å²) in [6.07, 6.45) is 14.1. The van der Waals surface area contributed by atoms with Crippen LogP contribution in [0.25, 0.3) is 0 Å². The molecule has 82 valence electrons. The van der Waals surface area contributed by atoms with E-state index in [0.717, 1.165) is 11.5 Å². The van der Waals surface area contributed by atoms with E-state index in [-0.39, 0.29) is 0 Å². The van der Waals surface area contributed by atoms with Gasteiger partial charge in [-0.15, -0.1) is 0 Å². The molecule has 0 fully saturated rings. The van der Waals surface area contributed by atoms with Crippen LogP contribution in [0.15, 0.2) is 24.3 Å². The molecular formula is C12H22S2. The van der Waals surface area contributed by atoms with Crippen molar-refractivity contribution in [2.45, 2.75) is 39.5 Å². The molecular weight excluding hydrogens is 208 g/mol. The van der Waals surface area contributed by atoms with E-state index in [4.69, 9.17) is 0 Å². The van der Waals surface area contributed by atoms with E-state index in [1.54, 1.807) is 0 Å². The smallest absolute Gasteiger partial charge is 0.0217 e. The van der Waals surface area contributed by atoms with Crippen molar-refractivity contribution >= 4 is 21.6 Å². The first-order chi connectivity index (χ1) is 6.91. The first-order valence-electron chi connectivity index (χ1n) is 5.46. The average molecular weight is 230 g/mol. The molecule has 0 aliphatic rings. The largest absolute Gasteiger partial charge is 0.0897 e. The average Bonchev–Trinajstić information content (AvgIpc) is 2.21. The summed E-state index contributed by atoms with van der Waals surface area (Å²) in [7, 11) is 3.88. The van der Waals surface area contributed by atoms with Gasteiger partial charge in [0.1, 0.15) is 0 Å². The van der Waals surface area contributed by atoms with Gasteiger partial charge in [0, 0.05) is 11.5 Å². The van der Waals surface area contributed by atoms with Gasteiger partial charge in [-0.2, -0.15) is 0 Å². The zero-order valence-corrected chi connectivity index (χ0v) is 11.0. The first kappa shape index (κ1) is 14.2. The Morgan fingerprint density at radius 1 is 0.714 bits per heavy atom. The molecule has 0 unspecified atom stereocenters. The molecule has 0 rings (SSSR count). The number of rotatable bonds is 9. The Bertz CT molecular complexity index is 132. The van der Waals surface area contributed by atoms with Crippen molar-refractivity contribution in [1.82, 2.24) is 0 Å². The van der Waals surface area contributed by atoms with E-state index in [1.165, 1.54) is 25.7 Å². The third-order valence-corrected chi connectivity index (χ3v) is 3.80. The van der Waals surface area contributed by atoms with Gasteiger partial charge in [0.15, 0.2) is 0 Å². The highest BCUT2D eigenvalue weighted by Gasteiger charge is 1.83. The molecule has 0 heterocycles. The molecule has 0 aliphatic carbocycles. The van der Waals surface area contributed by atoms with Crippen LogP contribution in [0.3, 0.4) is 0 Å². The van der Waals surface area contributed by atoms with Crippen molar-refractivity contribution in [1.29, 1.82) is 0 Å². The van der Waals surface area contributed by atoms with Crippen LogP contribution >= 0.6 is 21.6 Å². The lowest BCUT2D eigenvalue weighted by molar-refractivity contribution is 0.957. The Kier molecular flexibility index (Phi) is 13.3. The van der Waals surface area contributed by atoms with Gasteiger partial charge in [0.05, 0.1) is 0 Å². The molecule has 0 bridgehead atoms. The molecule has 0 radical (unpaired) electrons. The van der Waals surface area contributed by atoms with Crippen LogP contribution in [-0.4, -0.2) is 11.5 Å². The van der Waals surface area contributed by atoms with Gasteiger partial charge < -0.3 is 0 Å². The minimum absolute atomic E-state index is 1.15. The first-order valence-corrected chi connectivity index (χ1v) is 7.95. The van der Waals surface area contributed by atoms with Gasteiger partial charge in [-0.1, -0.05) is 72.6 Å². The van der Waals surface area contributed by atoms with Gasteiger partial charge in [-0.25, -0.2) is 0 Å². The SMILES string of the molecule is CCC/C=C/CSSC/C=C/CCC. The molecule has 0 spiro atoms. The second-order valence-electron chi connectivity index (χ2n) is 3.09. The molecule has 0 saturated heterocycles. The molecule has 0 atom stereocenters. The Balaban J connectivity index is 3.05. The zero-order chi connectivity index (χ0) is 10.5. The lowest BCUT2D eigenvalue weighted by Crippen LogP contribution is -1.70. The standard InChI is InChI=1S/C12H22S2/c1-3-5-7-9-11-13-14-12-10-8-6-4-2/h7-10H,3-6,11-12H2,1-2H3/b9-7+,10-8+. The third-order valence-electron chi connectivity index (χ3n) is 1.66. The topological polar surface area (TPSA) is 0 Å². The van der Waals surface area contributed by atoms with Crippen molar-refractivity contribution in [2.75, 3.05) is 11.5 Å². The van der Waals surface area contributed by atoms with Crippen LogP contribution in [-0.2, 0) is 0 Å². The lowest BCUT2D eigenvalue weighted by Gasteiger charge is -1.93. The molecule has 0 aromatic rings. The Labute approximate surface area is 97.0 Å². The molecule has 0 nitrogen and oxygen atoms in total. The Morgan fingerprint density at radius 3 is 1.50 bits per heavy atom. The van der Waals surface area contributed by atoms with Gasteiger partial charge in [0.2, 0.25) is 0 Å². The minimum Gasteiger partial charge on any atom is -0.0897 e. The highest BCUT2D eigenvalue weighted by Crippen LogP contribution is 2.21. The summed E-state index contributed by atoms with van der Waals surface area (Å²) in [5, 5.41) is 0. The second-order valence-corrected chi connectivity index (χ2v) is 5.64. The minimum atomic E-state index is 1.15. The number of allylic oxidation sites excluding steroid dienone is 2. The zero-order valence-electron chi connectivity index (χ0n) is 9.37. The highest BCUT2D eigenvalue weighted by atomic mass is 33.1. The fourth-order valence-electron chi connectivity index (χ4n) is 0.880. The molecule has 2 heteroatoms. The predicted octanol–water partition coefficient (Wildman–Crippen LogP) is 5.08. The van der Waals surface area contributed by atoms with E-state index in [0.29, 0.717) is 0 Å². The number of hydrogen-bond donors (Lipinski definition) is 0. The second kappa shape index (κ2) is 13.2. The van der Waals surface area contributed by atoms with E-state index in [2.05, 4.69) is 38.2 Å². The molecule has 0 aliphatic heterocycles. The highest BCUT2D eigenvalue weighted by molar-refractivity contribution is 8.76. The predicted molar refractivity (Wildman–Crippen MR) is 73.0 cm³/mol. The van der Waals surface area contributed by atoms with Crippen LogP contribution in [0.5, 0.6) is 0 Å². The van der Waals surface area contributed by atoms with Crippen molar-refractivity contribution in [2.24, 2.45) is 0 Å². The molecule has 0 aromatic carbocycles. The van der Waals surface area contributed by atoms with Crippen molar-refractivity contribution in [3.05, 3.63) is 24.3 Å². The fraction of sp³-hybridized carbons (Fsp3) is 0.667. The van der Waals surface area contributed by atoms with E-state index in [9.17, 15) is 0 Å². The van der Waals surface area contributed by atoms with Gasteiger partial charge in [-0.05, 0) is 12.8 Å². The van der Waals surface area contributed by atoms with E-state index in [1.807, 2.05) is 21.6 Å².